The number of carboxylic acids is 1. The van der Waals surface area contributed by atoms with Crippen LogP contribution in [0.25, 0.3) is 0 Å². The lowest BCUT2D eigenvalue weighted by atomic mass is 10.1. The third-order valence-corrected chi connectivity index (χ3v) is 4.22. The van der Waals surface area contributed by atoms with Gasteiger partial charge in [0, 0.05) is 6.54 Å². The van der Waals surface area contributed by atoms with Gasteiger partial charge in [0.05, 0.1) is 11.8 Å². The number of nitrogens with zero attached hydrogens (tertiary/aromatic N) is 1. The van der Waals surface area contributed by atoms with Crippen LogP contribution >= 0.6 is 0 Å². The van der Waals surface area contributed by atoms with Crippen LogP contribution < -0.4 is 5.73 Å². The summed E-state index contributed by atoms with van der Waals surface area (Å²) in [5.74, 6) is -2.89. The van der Waals surface area contributed by atoms with Gasteiger partial charge in [-0.15, -0.1) is 0 Å². The Labute approximate surface area is 105 Å². The number of hydrogen-bond donors (Lipinski definition) is 2. The Morgan fingerprint density at radius 3 is 2.33 bits per heavy atom. The molecule has 1 aliphatic heterocycles. The number of amides is 2. The number of nitrogens with two attached hydrogens (primary N) is 1. The summed E-state index contributed by atoms with van der Waals surface area (Å²) in [5, 5.41) is 9.06. The molecule has 6 nitrogen and oxygen atoms in total. The molecule has 100 valence electrons. The first kappa shape index (κ1) is 12.9. The Kier molecular flexibility index (Phi) is 2.83. The highest BCUT2D eigenvalue weighted by atomic mass is 16.4. The van der Waals surface area contributed by atoms with Crippen molar-refractivity contribution >= 4 is 17.8 Å². The normalized spacial score (nSPS) is 33.2. The summed E-state index contributed by atoms with van der Waals surface area (Å²) in [6.07, 6.45) is 1.32. The summed E-state index contributed by atoms with van der Waals surface area (Å²) in [6, 6.07) is -0.566. The molecule has 2 amide bonds. The summed E-state index contributed by atoms with van der Waals surface area (Å²) in [5.41, 5.74) is 4.73. The lowest BCUT2D eigenvalue weighted by Gasteiger charge is -2.22. The fourth-order valence-corrected chi connectivity index (χ4v) is 3.06. The number of likely N-dealkylation sites (tertiary alicyclic amines) is 1. The zero-order chi connectivity index (χ0) is 13.7. The number of aliphatic carboxylic acids is 1. The molecule has 0 radical (unpaired) electrons. The first-order chi connectivity index (χ1) is 8.28. The van der Waals surface area contributed by atoms with Gasteiger partial charge in [0.1, 0.15) is 6.04 Å². The molecule has 2 rings (SSSR count). The van der Waals surface area contributed by atoms with E-state index in [4.69, 9.17) is 10.8 Å². The van der Waals surface area contributed by atoms with Crippen molar-refractivity contribution in [2.45, 2.75) is 32.7 Å². The van der Waals surface area contributed by atoms with E-state index >= 15 is 0 Å². The Morgan fingerprint density at radius 1 is 1.28 bits per heavy atom. The average molecular weight is 254 g/mol. The Hall–Kier alpha value is -1.59. The predicted molar refractivity (Wildman–Crippen MR) is 62.3 cm³/mol. The molecule has 18 heavy (non-hydrogen) atoms. The summed E-state index contributed by atoms with van der Waals surface area (Å²) < 4.78 is 0. The van der Waals surface area contributed by atoms with Crippen LogP contribution in [0.4, 0.5) is 0 Å². The van der Waals surface area contributed by atoms with E-state index in [0.717, 1.165) is 6.42 Å². The van der Waals surface area contributed by atoms with Gasteiger partial charge in [-0.25, -0.2) is 0 Å². The van der Waals surface area contributed by atoms with Crippen LogP contribution in [0, 0.1) is 17.3 Å². The molecular formula is C12H18N2O4. The smallest absolute Gasteiger partial charge is 0.307 e. The standard InChI is InChI=1S/C12H18N2O4/c1-12(2)7(8(12)11(17)18)10(16)14-5-3-4-6(14)9(13)15/h6-8H,3-5H2,1-2H3,(H2,13,15)(H,17,18)/t6?,7-,8+/m1/s1. The van der Waals surface area contributed by atoms with Crippen molar-refractivity contribution in [3.05, 3.63) is 0 Å². The van der Waals surface area contributed by atoms with Gasteiger partial charge in [-0.3, -0.25) is 14.4 Å². The second kappa shape index (κ2) is 3.96. The average Bonchev–Trinajstić information content (AvgIpc) is 2.64. The molecule has 2 fully saturated rings. The van der Waals surface area contributed by atoms with E-state index in [1.54, 1.807) is 13.8 Å². The number of carboxylic acid groups (broad SMARTS) is 1. The van der Waals surface area contributed by atoms with E-state index in [1.807, 2.05) is 0 Å². The van der Waals surface area contributed by atoms with E-state index in [-0.39, 0.29) is 5.91 Å². The van der Waals surface area contributed by atoms with Crippen molar-refractivity contribution in [1.82, 2.24) is 4.90 Å². The molecule has 0 spiro atoms. The topological polar surface area (TPSA) is 101 Å². The quantitative estimate of drug-likeness (QED) is 0.729. The fraction of sp³-hybridized carbons (Fsp3) is 0.750. The van der Waals surface area contributed by atoms with E-state index in [1.165, 1.54) is 4.90 Å². The van der Waals surface area contributed by atoms with Crippen molar-refractivity contribution in [2.24, 2.45) is 23.0 Å². The Balaban J connectivity index is 2.14. The molecule has 1 heterocycles. The minimum absolute atomic E-state index is 0.242. The van der Waals surface area contributed by atoms with Crippen molar-refractivity contribution in [2.75, 3.05) is 6.54 Å². The Bertz CT molecular complexity index is 398. The zero-order valence-corrected chi connectivity index (χ0v) is 10.5. The molecule has 6 heteroatoms. The fourth-order valence-electron chi connectivity index (χ4n) is 3.06. The summed E-state index contributed by atoms with van der Waals surface area (Å²) in [7, 11) is 0. The molecular weight excluding hydrogens is 236 g/mol. The van der Waals surface area contributed by atoms with E-state index in [0.29, 0.717) is 13.0 Å². The monoisotopic (exact) mass is 254 g/mol. The second-order valence-electron chi connectivity index (χ2n) is 5.71. The van der Waals surface area contributed by atoms with Crippen molar-refractivity contribution in [3.63, 3.8) is 0 Å². The number of carbonyl (C=O) groups excluding carboxylic acids is 2. The third kappa shape index (κ3) is 1.76. The molecule has 3 atom stereocenters. The number of hydrogen-bond acceptors (Lipinski definition) is 3. The molecule has 3 N–H and O–H groups in total. The zero-order valence-electron chi connectivity index (χ0n) is 10.5. The van der Waals surface area contributed by atoms with Crippen LogP contribution in [0.3, 0.4) is 0 Å². The minimum Gasteiger partial charge on any atom is -0.481 e. The summed E-state index contributed by atoms with van der Waals surface area (Å²) in [4.78, 5) is 36.1. The second-order valence-corrected chi connectivity index (χ2v) is 5.71. The molecule has 1 saturated heterocycles. The van der Waals surface area contributed by atoms with Crippen LogP contribution in [0.15, 0.2) is 0 Å². The molecule has 0 aromatic rings. The molecule has 1 aliphatic carbocycles. The van der Waals surface area contributed by atoms with Gasteiger partial charge < -0.3 is 15.7 Å². The maximum atomic E-state index is 12.3. The largest absolute Gasteiger partial charge is 0.481 e. The molecule has 1 unspecified atom stereocenters. The maximum absolute atomic E-state index is 12.3. The molecule has 0 bridgehead atoms. The van der Waals surface area contributed by atoms with Crippen molar-refractivity contribution < 1.29 is 19.5 Å². The van der Waals surface area contributed by atoms with E-state index in [9.17, 15) is 14.4 Å². The maximum Gasteiger partial charge on any atom is 0.307 e. The first-order valence-corrected chi connectivity index (χ1v) is 6.11. The number of rotatable bonds is 3. The van der Waals surface area contributed by atoms with Crippen LogP contribution in [-0.2, 0) is 14.4 Å². The highest BCUT2D eigenvalue weighted by molar-refractivity contribution is 5.94. The Morgan fingerprint density at radius 2 is 1.89 bits per heavy atom. The van der Waals surface area contributed by atoms with Gasteiger partial charge in [0.25, 0.3) is 0 Å². The highest BCUT2D eigenvalue weighted by Crippen LogP contribution is 2.59. The van der Waals surface area contributed by atoms with Crippen LogP contribution in [-0.4, -0.2) is 40.4 Å². The summed E-state index contributed by atoms with van der Waals surface area (Å²) in [6.45, 7) is 4.03. The van der Waals surface area contributed by atoms with Gasteiger partial charge >= 0.3 is 5.97 Å². The molecule has 2 aliphatic rings. The number of carbonyl (C=O) groups is 3. The van der Waals surface area contributed by atoms with Crippen LogP contribution in [0.2, 0.25) is 0 Å². The van der Waals surface area contributed by atoms with Crippen LogP contribution in [0.5, 0.6) is 0 Å². The van der Waals surface area contributed by atoms with Crippen molar-refractivity contribution in [3.8, 4) is 0 Å². The molecule has 0 aromatic heterocycles. The lowest BCUT2D eigenvalue weighted by Crippen LogP contribution is -2.45. The van der Waals surface area contributed by atoms with E-state index < -0.39 is 35.2 Å². The highest BCUT2D eigenvalue weighted by Gasteiger charge is 2.67. The minimum atomic E-state index is -0.951. The molecule has 1 saturated carbocycles. The van der Waals surface area contributed by atoms with E-state index in [2.05, 4.69) is 0 Å². The SMILES string of the molecule is CC1(C)[C@H](C(=O)O)[C@@H]1C(=O)N1CCCC1C(N)=O. The number of primary amides is 1. The lowest BCUT2D eigenvalue weighted by molar-refractivity contribution is -0.143. The third-order valence-electron chi connectivity index (χ3n) is 4.22. The van der Waals surface area contributed by atoms with Gasteiger partial charge in [0.15, 0.2) is 0 Å². The van der Waals surface area contributed by atoms with Crippen LogP contribution in [0.1, 0.15) is 26.7 Å². The molecule has 0 aromatic carbocycles. The van der Waals surface area contributed by atoms with Gasteiger partial charge in [-0.05, 0) is 18.3 Å². The van der Waals surface area contributed by atoms with Crippen molar-refractivity contribution in [1.29, 1.82) is 0 Å². The van der Waals surface area contributed by atoms with Gasteiger partial charge in [-0.2, -0.15) is 0 Å². The van der Waals surface area contributed by atoms with Gasteiger partial charge in [-0.1, -0.05) is 13.8 Å². The van der Waals surface area contributed by atoms with Gasteiger partial charge in [0.2, 0.25) is 11.8 Å². The summed E-state index contributed by atoms with van der Waals surface area (Å²) >= 11 is 0. The predicted octanol–water partition coefficient (Wildman–Crippen LogP) is -0.180. The first-order valence-electron chi connectivity index (χ1n) is 6.11.